The molecule has 0 atom stereocenters. The monoisotopic (exact) mass is 186 g/mol. The van der Waals surface area contributed by atoms with Crippen LogP contribution in [0.5, 0.6) is 0 Å². The van der Waals surface area contributed by atoms with Gasteiger partial charge in [0.25, 0.3) is 0 Å². The summed E-state index contributed by atoms with van der Waals surface area (Å²) in [5, 5.41) is 11.9. The maximum absolute atomic E-state index is 8.68. The molecule has 0 saturated heterocycles. The minimum Gasteiger partial charge on any atom is -0.385 e. The van der Waals surface area contributed by atoms with Crippen molar-refractivity contribution in [3.8, 4) is 6.07 Å². The Balaban J connectivity index is 2.51. The van der Waals surface area contributed by atoms with Crippen molar-refractivity contribution in [3.05, 3.63) is 42.0 Å². The van der Waals surface area contributed by atoms with Crippen LogP contribution in [-0.4, -0.2) is 6.54 Å². The van der Waals surface area contributed by atoms with Gasteiger partial charge in [-0.05, 0) is 31.5 Å². The molecule has 1 aromatic carbocycles. The lowest BCUT2D eigenvalue weighted by atomic mass is 10.2. The van der Waals surface area contributed by atoms with Crippen LogP contribution >= 0.6 is 0 Å². The van der Waals surface area contributed by atoms with Crippen molar-refractivity contribution in [2.45, 2.75) is 13.3 Å². The molecule has 0 amide bonds. The predicted molar refractivity (Wildman–Crippen MR) is 59.1 cm³/mol. The first-order valence-electron chi connectivity index (χ1n) is 4.61. The van der Waals surface area contributed by atoms with Crippen LogP contribution in [0.15, 0.2) is 36.4 Å². The van der Waals surface area contributed by atoms with E-state index < -0.39 is 0 Å². The maximum atomic E-state index is 8.68. The van der Waals surface area contributed by atoms with E-state index in [0.717, 1.165) is 24.2 Å². The van der Waals surface area contributed by atoms with Crippen molar-refractivity contribution in [3.63, 3.8) is 0 Å². The molecule has 1 N–H and O–H groups in total. The van der Waals surface area contributed by atoms with Gasteiger partial charge in [-0.25, -0.2) is 0 Å². The summed E-state index contributed by atoms with van der Waals surface area (Å²) in [5.74, 6) is 0. The lowest BCUT2D eigenvalue weighted by Gasteiger charge is -2.05. The van der Waals surface area contributed by atoms with Gasteiger partial charge >= 0.3 is 0 Å². The number of rotatable bonds is 4. The van der Waals surface area contributed by atoms with Crippen LogP contribution in [0.2, 0.25) is 0 Å². The van der Waals surface area contributed by atoms with Gasteiger partial charge in [-0.2, -0.15) is 5.26 Å². The van der Waals surface area contributed by atoms with Gasteiger partial charge in [-0.15, -0.1) is 6.58 Å². The zero-order valence-electron chi connectivity index (χ0n) is 8.38. The number of nitriles is 1. The zero-order chi connectivity index (χ0) is 10.4. The molecule has 0 aliphatic heterocycles. The van der Waals surface area contributed by atoms with E-state index >= 15 is 0 Å². The van der Waals surface area contributed by atoms with Crippen molar-refractivity contribution in [1.82, 2.24) is 0 Å². The third-order valence-electron chi connectivity index (χ3n) is 1.87. The summed E-state index contributed by atoms with van der Waals surface area (Å²) in [6.07, 6.45) is 0.955. The third kappa shape index (κ3) is 3.32. The van der Waals surface area contributed by atoms with E-state index in [1.165, 1.54) is 0 Å². The van der Waals surface area contributed by atoms with Gasteiger partial charge in [0.15, 0.2) is 0 Å². The fraction of sp³-hybridized carbons (Fsp3) is 0.250. The van der Waals surface area contributed by atoms with Gasteiger partial charge in [0.05, 0.1) is 11.6 Å². The molecule has 0 aliphatic carbocycles. The molecule has 0 bridgehead atoms. The molecule has 14 heavy (non-hydrogen) atoms. The topological polar surface area (TPSA) is 35.8 Å². The molecule has 2 nitrogen and oxygen atoms in total. The standard InChI is InChI=1S/C12H14N2/c1-10(2)6-7-14-12-5-3-4-11(8-12)9-13/h3-5,8,14H,1,6-7H2,2H3. The molecule has 0 radical (unpaired) electrons. The Bertz CT molecular complexity index is 361. The van der Waals surface area contributed by atoms with Gasteiger partial charge < -0.3 is 5.32 Å². The number of nitrogens with zero attached hydrogens (tertiary/aromatic N) is 1. The summed E-state index contributed by atoms with van der Waals surface area (Å²) in [6, 6.07) is 9.58. The molecular formula is C12H14N2. The van der Waals surface area contributed by atoms with Crippen molar-refractivity contribution >= 4 is 5.69 Å². The second kappa shape index (κ2) is 5.08. The Morgan fingerprint density at radius 3 is 3.00 bits per heavy atom. The normalized spacial score (nSPS) is 9.14. The van der Waals surface area contributed by atoms with E-state index in [2.05, 4.69) is 18.0 Å². The highest BCUT2D eigenvalue weighted by Gasteiger charge is 1.93. The van der Waals surface area contributed by atoms with E-state index in [9.17, 15) is 0 Å². The molecular weight excluding hydrogens is 172 g/mol. The molecule has 0 aliphatic rings. The van der Waals surface area contributed by atoms with Gasteiger partial charge in [-0.3, -0.25) is 0 Å². The fourth-order valence-electron chi connectivity index (χ4n) is 1.12. The van der Waals surface area contributed by atoms with Crippen LogP contribution in [0.25, 0.3) is 0 Å². The Hall–Kier alpha value is -1.75. The van der Waals surface area contributed by atoms with Gasteiger partial charge in [0.2, 0.25) is 0 Å². The van der Waals surface area contributed by atoms with E-state index in [-0.39, 0.29) is 0 Å². The van der Waals surface area contributed by atoms with Crippen LogP contribution in [0.3, 0.4) is 0 Å². The van der Waals surface area contributed by atoms with Gasteiger partial charge in [0, 0.05) is 12.2 Å². The quantitative estimate of drug-likeness (QED) is 0.734. The smallest absolute Gasteiger partial charge is 0.0992 e. The number of anilines is 1. The Morgan fingerprint density at radius 2 is 2.36 bits per heavy atom. The van der Waals surface area contributed by atoms with Crippen LogP contribution in [0.4, 0.5) is 5.69 Å². The molecule has 0 unspecified atom stereocenters. The highest BCUT2D eigenvalue weighted by Crippen LogP contribution is 2.09. The third-order valence-corrected chi connectivity index (χ3v) is 1.87. The predicted octanol–water partition coefficient (Wildman–Crippen LogP) is 2.94. The molecule has 1 aromatic rings. The number of benzene rings is 1. The number of nitrogens with one attached hydrogen (secondary N) is 1. The molecule has 0 saturated carbocycles. The molecule has 0 spiro atoms. The lowest BCUT2D eigenvalue weighted by Crippen LogP contribution is -2.01. The summed E-state index contributed by atoms with van der Waals surface area (Å²) >= 11 is 0. The second-order valence-corrected chi connectivity index (χ2v) is 3.33. The fourth-order valence-corrected chi connectivity index (χ4v) is 1.12. The second-order valence-electron chi connectivity index (χ2n) is 3.33. The Kier molecular flexibility index (Phi) is 3.75. The highest BCUT2D eigenvalue weighted by molar-refractivity contribution is 5.49. The first-order valence-corrected chi connectivity index (χ1v) is 4.61. The van der Waals surface area contributed by atoms with Crippen molar-refractivity contribution < 1.29 is 0 Å². The molecule has 0 fully saturated rings. The van der Waals surface area contributed by atoms with E-state index in [1.54, 1.807) is 6.07 Å². The molecule has 2 heteroatoms. The van der Waals surface area contributed by atoms with E-state index in [0.29, 0.717) is 5.56 Å². The van der Waals surface area contributed by atoms with Gasteiger partial charge in [-0.1, -0.05) is 11.6 Å². The lowest BCUT2D eigenvalue weighted by molar-refractivity contribution is 1.00. The first kappa shape index (κ1) is 10.3. The molecule has 0 aromatic heterocycles. The van der Waals surface area contributed by atoms with Crippen LogP contribution < -0.4 is 5.32 Å². The minimum absolute atomic E-state index is 0.685. The molecule has 0 heterocycles. The number of hydrogen-bond acceptors (Lipinski definition) is 2. The Morgan fingerprint density at radius 1 is 1.57 bits per heavy atom. The summed E-state index contributed by atoms with van der Waals surface area (Å²) in [5.41, 5.74) is 2.84. The van der Waals surface area contributed by atoms with Gasteiger partial charge in [0.1, 0.15) is 0 Å². The van der Waals surface area contributed by atoms with Crippen molar-refractivity contribution in [2.24, 2.45) is 0 Å². The summed E-state index contributed by atoms with van der Waals surface area (Å²) in [7, 11) is 0. The largest absolute Gasteiger partial charge is 0.385 e. The van der Waals surface area contributed by atoms with Crippen molar-refractivity contribution in [2.75, 3.05) is 11.9 Å². The zero-order valence-corrected chi connectivity index (χ0v) is 8.38. The van der Waals surface area contributed by atoms with Crippen LogP contribution in [0.1, 0.15) is 18.9 Å². The molecule has 72 valence electrons. The highest BCUT2D eigenvalue weighted by atomic mass is 14.9. The van der Waals surface area contributed by atoms with Crippen LogP contribution in [0, 0.1) is 11.3 Å². The Labute approximate surface area is 84.9 Å². The molecule has 1 rings (SSSR count). The average Bonchev–Trinajstić information content (AvgIpc) is 2.18. The van der Waals surface area contributed by atoms with Crippen molar-refractivity contribution in [1.29, 1.82) is 5.26 Å². The number of hydrogen-bond donors (Lipinski definition) is 1. The van der Waals surface area contributed by atoms with E-state index in [1.807, 2.05) is 25.1 Å². The van der Waals surface area contributed by atoms with Crippen LogP contribution in [-0.2, 0) is 0 Å². The minimum atomic E-state index is 0.685. The van der Waals surface area contributed by atoms with E-state index in [4.69, 9.17) is 5.26 Å². The average molecular weight is 186 g/mol. The SMILES string of the molecule is C=C(C)CCNc1cccc(C#N)c1. The summed E-state index contributed by atoms with van der Waals surface area (Å²) in [6.45, 7) is 6.70. The summed E-state index contributed by atoms with van der Waals surface area (Å²) < 4.78 is 0. The first-order chi connectivity index (χ1) is 6.72. The summed E-state index contributed by atoms with van der Waals surface area (Å²) in [4.78, 5) is 0. The maximum Gasteiger partial charge on any atom is 0.0992 e.